The van der Waals surface area contributed by atoms with E-state index in [0.717, 1.165) is 11.1 Å². The highest BCUT2D eigenvalue weighted by Gasteiger charge is 2.09. The molecule has 0 spiro atoms. The van der Waals surface area contributed by atoms with Crippen LogP contribution in [0.5, 0.6) is 5.75 Å². The van der Waals surface area contributed by atoms with Gasteiger partial charge in [0.1, 0.15) is 5.75 Å². The van der Waals surface area contributed by atoms with Crippen molar-refractivity contribution >= 4 is 11.9 Å². The summed E-state index contributed by atoms with van der Waals surface area (Å²) in [5, 5.41) is 2.38. The summed E-state index contributed by atoms with van der Waals surface area (Å²) in [5.41, 5.74) is 1.96. The number of carbonyl (C=O) groups excluding carboxylic acids is 2. The first kappa shape index (κ1) is 15.6. The van der Waals surface area contributed by atoms with Crippen molar-refractivity contribution in [2.24, 2.45) is 0 Å². The fraction of sp³-hybridized carbons (Fsp3) is 0.333. The third kappa shape index (κ3) is 5.44. The molecule has 106 valence electrons. The minimum Gasteiger partial charge on any atom is -0.482 e. The molecule has 1 N–H and O–H groups in total. The van der Waals surface area contributed by atoms with Gasteiger partial charge in [0.15, 0.2) is 13.2 Å². The highest BCUT2D eigenvalue weighted by Crippen LogP contribution is 2.18. The monoisotopic (exact) mass is 275 g/mol. The summed E-state index contributed by atoms with van der Waals surface area (Å²) in [4.78, 5) is 22.6. The third-order valence-corrected chi connectivity index (χ3v) is 2.44. The van der Waals surface area contributed by atoms with Crippen LogP contribution in [0.2, 0.25) is 0 Å². The van der Waals surface area contributed by atoms with Crippen molar-refractivity contribution < 1.29 is 19.1 Å². The Bertz CT molecular complexity index is 531. The summed E-state index contributed by atoms with van der Waals surface area (Å²) in [6.45, 7) is 3.31. The number of nitrogens with one attached hydrogen (secondary N) is 1. The Labute approximate surface area is 118 Å². The van der Waals surface area contributed by atoms with Gasteiger partial charge in [-0.1, -0.05) is 18.1 Å². The second-order valence-corrected chi connectivity index (χ2v) is 4.20. The number of rotatable bonds is 6. The van der Waals surface area contributed by atoms with Gasteiger partial charge in [-0.15, -0.1) is 6.42 Å². The van der Waals surface area contributed by atoms with Gasteiger partial charge in [0.2, 0.25) is 0 Å². The van der Waals surface area contributed by atoms with E-state index < -0.39 is 11.9 Å². The van der Waals surface area contributed by atoms with Crippen molar-refractivity contribution in [3.63, 3.8) is 0 Å². The maximum Gasteiger partial charge on any atom is 0.344 e. The van der Waals surface area contributed by atoms with Gasteiger partial charge >= 0.3 is 5.97 Å². The van der Waals surface area contributed by atoms with E-state index in [2.05, 4.69) is 11.2 Å². The van der Waals surface area contributed by atoms with Crippen LogP contribution in [0.4, 0.5) is 0 Å². The zero-order valence-electron chi connectivity index (χ0n) is 11.6. The molecule has 0 radical (unpaired) electrons. The van der Waals surface area contributed by atoms with Crippen molar-refractivity contribution in [2.45, 2.75) is 13.8 Å². The topological polar surface area (TPSA) is 64.6 Å². The zero-order chi connectivity index (χ0) is 15.0. The lowest BCUT2D eigenvalue weighted by atomic mass is 10.1. The Morgan fingerprint density at radius 2 is 2.05 bits per heavy atom. The number of ether oxygens (including phenoxy) is 2. The first-order chi connectivity index (χ1) is 9.52. The van der Waals surface area contributed by atoms with Gasteiger partial charge in [0, 0.05) is 0 Å². The summed E-state index contributed by atoms with van der Waals surface area (Å²) in [7, 11) is 0. The van der Waals surface area contributed by atoms with Crippen molar-refractivity contribution in [2.75, 3.05) is 19.8 Å². The molecule has 0 fully saturated rings. The van der Waals surface area contributed by atoms with Crippen LogP contribution >= 0.6 is 0 Å². The highest BCUT2D eigenvalue weighted by atomic mass is 16.6. The molecule has 20 heavy (non-hydrogen) atoms. The van der Waals surface area contributed by atoms with Gasteiger partial charge < -0.3 is 14.8 Å². The molecule has 0 bridgehead atoms. The fourth-order valence-corrected chi connectivity index (χ4v) is 1.39. The Morgan fingerprint density at radius 1 is 1.30 bits per heavy atom. The lowest BCUT2D eigenvalue weighted by molar-refractivity contribution is -0.150. The van der Waals surface area contributed by atoms with Gasteiger partial charge in [0.25, 0.3) is 5.91 Å². The van der Waals surface area contributed by atoms with E-state index >= 15 is 0 Å². The van der Waals surface area contributed by atoms with Gasteiger partial charge in [-0.3, -0.25) is 4.79 Å². The van der Waals surface area contributed by atoms with E-state index in [1.165, 1.54) is 0 Å². The standard InChI is InChI=1S/C15H17NO4/c1-4-7-16-14(17)9-20-15(18)10-19-13-8-11(2)5-6-12(13)3/h1,5-6,8H,7,9-10H2,2-3H3,(H,16,17). The smallest absolute Gasteiger partial charge is 0.344 e. The van der Waals surface area contributed by atoms with E-state index in [9.17, 15) is 9.59 Å². The lowest BCUT2D eigenvalue weighted by Crippen LogP contribution is -2.30. The molecular weight excluding hydrogens is 258 g/mol. The van der Waals surface area contributed by atoms with Crippen LogP contribution in [-0.2, 0) is 14.3 Å². The SMILES string of the molecule is C#CCNC(=O)COC(=O)COc1cc(C)ccc1C. The average Bonchev–Trinajstić information content (AvgIpc) is 2.43. The van der Waals surface area contributed by atoms with Crippen LogP contribution in [0.1, 0.15) is 11.1 Å². The molecule has 1 amide bonds. The number of amides is 1. The fourth-order valence-electron chi connectivity index (χ4n) is 1.39. The van der Waals surface area contributed by atoms with Crippen molar-refractivity contribution in [1.29, 1.82) is 0 Å². The lowest BCUT2D eigenvalue weighted by Gasteiger charge is -2.09. The molecule has 0 aliphatic rings. The normalized spacial score (nSPS) is 9.45. The summed E-state index contributed by atoms with van der Waals surface area (Å²) in [6, 6.07) is 5.70. The number of esters is 1. The first-order valence-corrected chi connectivity index (χ1v) is 6.08. The highest BCUT2D eigenvalue weighted by molar-refractivity contribution is 5.81. The van der Waals surface area contributed by atoms with E-state index in [1.54, 1.807) is 0 Å². The van der Waals surface area contributed by atoms with E-state index in [0.29, 0.717) is 5.75 Å². The van der Waals surface area contributed by atoms with Crippen LogP contribution in [-0.4, -0.2) is 31.6 Å². The van der Waals surface area contributed by atoms with Crippen molar-refractivity contribution in [3.05, 3.63) is 29.3 Å². The molecule has 0 aliphatic heterocycles. The number of aryl methyl sites for hydroxylation is 2. The molecule has 0 unspecified atom stereocenters. The van der Waals surface area contributed by atoms with Crippen molar-refractivity contribution in [3.8, 4) is 18.1 Å². The molecule has 1 aromatic rings. The quantitative estimate of drug-likeness (QED) is 0.621. The van der Waals surface area contributed by atoms with Crippen LogP contribution in [0, 0.1) is 26.2 Å². The molecule has 0 saturated carbocycles. The van der Waals surface area contributed by atoms with E-state index in [-0.39, 0.29) is 19.8 Å². The van der Waals surface area contributed by atoms with Crippen LogP contribution in [0.15, 0.2) is 18.2 Å². The predicted octanol–water partition coefficient (Wildman–Crippen LogP) is 0.975. The molecule has 0 atom stereocenters. The van der Waals surface area contributed by atoms with Crippen LogP contribution in [0.25, 0.3) is 0 Å². The van der Waals surface area contributed by atoms with Crippen LogP contribution in [0.3, 0.4) is 0 Å². The van der Waals surface area contributed by atoms with Gasteiger partial charge in [-0.25, -0.2) is 4.79 Å². The molecule has 0 saturated heterocycles. The molecule has 1 aromatic carbocycles. The zero-order valence-corrected chi connectivity index (χ0v) is 11.6. The number of hydrogen-bond acceptors (Lipinski definition) is 4. The Balaban J connectivity index is 2.35. The Kier molecular flexibility index (Phi) is 6.11. The minimum absolute atomic E-state index is 0.107. The maximum absolute atomic E-state index is 11.4. The molecule has 5 nitrogen and oxygen atoms in total. The second kappa shape index (κ2) is 7.85. The number of benzene rings is 1. The number of hydrogen-bond donors (Lipinski definition) is 1. The van der Waals surface area contributed by atoms with Gasteiger partial charge in [0.05, 0.1) is 6.54 Å². The number of carbonyl (C=O) groups is 2. The summed E-state index contributed by atoms with van der Waals surface area (Å²) in [5.74, 6) is 1.82. The van der Waals surface area contributed by atoms with Gasteiger partial charge in [-0.2, -0.15) is 0 Å². The Morgan fingerprint density at radius 3 is 2.75 bits per heavy atom. The van der Waals surface area contributed by atoms with E-state index in [4.69, 9.17) is 15.9 Å². The van der Waals surface area contributed by atoms with Gasteiger partial charge in [-0.05, 0) is 31.0 Å². The summed E-state index contributed by atoms with van der Waals surface area (Å²) < 4.78 is 10.1. The summed E-state index contributed by atoms with van der Waals surface area (Å²) >= 11 is 0. The molecule has 0 aliphatic carbocycles. The maximum atomic E-state index is 11.4. The number of terminal acetylenes is 1. The molecule has 5 heteroatoms. The molecule has 0 aromatic heterocycles. The van der Waals surface area contributed by atoms with Crippen molar-refractivity contribution in [1.82, 2.24) is 5.32 Å². The molecule has 1 rings (SSSR count). The molecular formula is C15H17NO4. The minimum atomic E-state index is -0.609. The predicted molar refractivity (Wildman–Crippen MR) is 74.2 cm³/mol. The average molecular weight is 275 g/mol. The Hall–Kier alpha value is -2.48. The second-order valence-electron chi connectivity index (χ2n) is 4.20. The largest absolute Gasteiger partial charge is 0.482 e. The van der Waals surface area contributed by atoms with Crippen LogP contribution < -0.4 is 10.1 Å². The van der Waals surface area contributed by atoms with E-state index in [1.807, 2.05) is 32.0 Å². The third-order valence-electron chi connectivity index (χ3n) is 2.44. The summed E-state index contributed by atoms with van der Waals surface area (Å²) in [6.07, 6.45) is 4.98. The molecule has 0 heterocycles. The first-order valence-electron chi connectivity index (χ1n) is 6.08.